The molecular weight excluding hydrogens is 440 g/mol. The van der Waals surface area contributed by atoms with Crippen LogP contribution in [0.4, 0.5) is 0 Å². The lowest BCUT2D eigenvalue weighted by molar-refractivity contribution is -0.142. The van der Waals surface area contributed by atoms with Gasteiger partial charge in [-0.3, -0.25) is 4.79 Å². The minimum absolute atomic E-state index is 0.0151. The van der Waals surface area contributed by atoms with E-state index >= 15 is 0 Å². The summed E-state index contributed by atoms with van der Waals surface area (Å²) in [5.74, 6) is -0.752. The average Bonchev–Trinajstić information content (AvgIpc) is 3.15. The smallest absolute Gasteiger partial charge is 0.328 e. The summed E-state index contributed by atoms with van der Waals surface area (Å²) in [5, 5.41) is 13.7. The van der Waals surface area contributed by atoms with Crippen LogP contribution in [0, 0.1) is 6.92 Å². The minimum Gasteiger partial charge on any atom is -0.504 e. The summed E-state index contributed by atoms with van der Waals surface area (Å²) in [6.07, 6.45) is 0.161. The number of benzene rings is 2. The summed E-state index contributed by atoms with van der Waals surface area (Å²) in [5.41, 5.74) is 2.04. The molecule has 1 atom stereocenters. The highest BCUT2D eigenvalue weighted by molar-refractivity contribution is 7.17. The normalized spacial score (nSPS) is 11.6. The van der Waals surface area contributed by atoms with Gasteiger partial charge in [-0.2, -0.15) is 0 Å². The Morgan fingerprint density at radius 1 is 1.23 bits per heavy atom. The van der Waals surface area contributed by atoms with Crippen LogP contribution in [0.3, 0.4) is 0 Å². The molecule has 0 radical (unpaired) electrons. The average molecular weight is 461 g/mol. The number of rotatable bonds is 7. The van der Waals surface area contributed by atoms with Crippen LogP contribution >= 0.6 is 22.9 Å². The highest BCUT2D eigenvalue weighted by Crippen LogP contribution is 2.30. The van der Waals surface area contributed by atoms with Crippen LogP contribution in [0.2, 0.25) is 5.02 Å². The Morgan fingerprint density at radius 3 is 2.68 bits per heavy atom. The molecule has 1 heterocycles. The number of nitrogens with zero attached hydrogens (tertiary/aromatic N) is 1. The topological polar surface area (TPSA) is 97.8 Å². The number of aromatic nitrogens is 1. The molecule has 1 aromatic heterocycles. The SMILES string of the molecule is COC(=O)C(Cc1ccc(O)c(OC)c1)NC(=O)c1sc(-c2cccc(Cl)c2)nc1C. The quantitative estimate of drug-likeness (QED) is 0.517. The molecule has 2 aromatic carbocycles. The molecule has 3 aromatic rings. The second kappa shape index (κ2) is 9.80. The van der Waals surface area contributed by atoms with Crippen molar-refractivity contribution in [3.63, 3.8) is 0 Å². The van der Waals surface area contributed by atoms with E-state index in [1.807, 2.05) is 12.1 Å². The fourth-order valence-corrected chi connectivity index (χ4v) is 4.15. The fraction of sp³-hybridized carbons (Fsp3) is 0.227. The van der Waals surface area contributed by atoms with Crippen LogP contribution < -0.4 is 10.1 Å². The Morgan fingerprint density at radius 2 is 2.00 bits per heavy atom. The Bertz CT molecular complexity index is 1120. The lowest BCUT2D eigenvalue weighted by Gasteiger charge is -2.17. The van der Waals surface area contributed by atoms with E-state index in [-0.39, 0.29) is 17.9 Å². The molecule has 0 spiro atoms. The predicted molar refractivity (Wildman–Crippen MR) is 119 cm³/mol. The molecule has 31 heavy (non-hydrogen) atoms. The standard InChI is InChI=1S/C22H21ClN2O5S/c1-12-19(31-21(24-12)14-5-4-6-15(23)11-14)20(27)25-16(22(28)30-3)9-13-7-8-17(26)18(10-13)29-2/h4-8,10-11,16,26H,9H2,1-3H3,(H,25,27). The van der Waals surface area contributed by atoms with Crippen LogP contribution in [-0.2, 0) is 16.0 Å². The van der Waals surface area contributed by atoms with Crippen LogP contribution in [0.5, 0.6) is 11.5 Å². The van der Waals surface area contributed by atoms with E-state index in [4.69, 9.17) is 21.1 Å². The van der Waals surface area contributed by atoms with Crippen molar-refractivity contribution in [1.82, 2.24) is 10.3 Å². The first kappa shape index (κ1) is 22.6. The maximum atomic E-state index is 12.9. The molecule has 1 amide bonds. The summed E-state index contributed by atoms with van der Waals surface area (Å²) in [4.78, 5) is 30.1. The molecular formula is C22H21ClN2O5S. The van der Waals surface area contributed by atoms with Gasteiger partial charge in [0.05, 0.1) is 19.9 Å². The second-order valence-corrected chi connectivity index (χ2v) is 8.14. The molecule has 2 N–H and O–H groups in total. The molecule has 9 heteroatoms. The van der Waals surface area contributed by atoms with E-state index in [0.29, 0.717) is 26.2 Å². The molecule has 0 aliphatic rings. The van der Waals surface area contributed by atoms with E-state index in [0.717, 1.165) is 5.56 Å². The van der Waals surface area contributed by atoms with Gasteiger partial charge in [0, 0.05) is 17.0 Å². The fourth-order valence-electron chi connectivity index (χ4n) is 3.00. The van der Waals surface area contributed by atoms with Gasteiger partial charge in [0.25, 0.3) is 5.91 Å². The number of ether oxygens (including phenoxy) is 2. The summed E-state index contributed by atoms with van der Waals surface area (Å²) < 4.78 is 9.96. The maximum absolute atomic E-state index is 12.9. The van der Waals surface area contributed by atoms with Gasteiger partial charge in [-0.15, -0.1) is 11.3 Å². The van der Waals surface area contributed by atoms with Crippen molar-refractivity contribution in [3.05, 3.63) is 63.6 Å². The summed E-state index contributed by atoms with van der Waals surface area (Å²) in [6.45, 7) is 1.73. The number of hydrogen-bond acceptors (Lipinski definition) is 7. The third kappa shape index (κ3) is 5.34. The number of nitrogens with one attached hydrogen (secondary N) is 1. The van der Waals surface area contributed by atoms with Crippen molar-refractivity contribution < 1.29 is 24.2 Å². The monoisotopic (exact) mass is 460 g/mol. The Hall–Kier alpha value is -3.10. The lowest BCUT2D eigenvalue weighted by Crippen LogP contribution is -2.43. The van der Waals surface area contributed by atoms with Crippen molar-refractivity contribution in [2.45, 2.75) is 19.4 Å². The van der Waals surface area contributed by atoms with Gasteiger partial charge in [0.1, 0.15) is 15.9 Å². The van der Waals surface area contributed by atoms with Crippen molar-refractivity contribution in [2.75, 3.05) is 14.2 Å². The number of carbonyl (C=O) groups excluding carboxylic acids is 2. The third-order valence-corrected chi connectivity index (χ3v) is 5.99. The van der Waals surface area contributed by atoms with E-state index in [1.165, 1.54) is 31.6 Å². The molecule has 0 saturated heterocycles. The summed E-state index contributed by atoms with van der Waals surface area (Å²) in [7, 11) is 2.69. The lowest BCUT2D eigenvalue weighted by atomic mass is 10.0. The Balaban J connectivity index is 1.82. The minimum atomic E-state index is -0.928. The number of phenols is 1. The van der Waals surface area contributed by atoms with Crippen LogP contribution in [-0.4, -0.2) is 42.2 Å². The molecule has 0 aliphatic carbocycles. The molecule has 7 nitrogen and oxygen atoms in total. The highest BCUT2D eigenvalue weighted by Gasteiger charge is 2.25. The van der Waals surface area contributed by atoms with Crippen molar-refractivity contribution in [3.8, 4) is 22.1 Å². The first-order valence-electron chi connectivity index (χ1n) is 9.30. The number of aromatic hydroxyl groups is 1. The Kier molecular flexibility index (Phi) is 7.14. The largest absolute Gasteiger partial charge is 0.504 e. The van der Waals surface area contributed by atoms with Crippen molar-refractivity contribution in [1.29, 1.82) is 0 Å². The first-order chi connectivity index (χ1) is 14.8. The number of hydrogen-bond donors (Lipinski definition) is 2. The third-order valence-electron chi connectivity index (χ3n) is 4.55. The van der Waals surface area contributed by atoms with Crippen LogP contribution in [0.15, 0.2) is 42.5 Å². The van der Waals surface area contributed by atoms with E-state index in [1.54, 1.807) is 31.2 Å². The molecule has 3 rings (SSSR count). The van der Waals surface area contributed by atoms with Crippen LogP contribution in [0.1, 0.15) is 20.9 Å². The van der Waals surface area contributed by atoms with Gasteiger partial charge in [-0.25, -0.2) is 9.78 Å². The number of esters is 1. The predicted octanol–water partition coefficient (Wildman–Crippen LogP) is 4.00. The zero-order valence-corrected chi connectivity index (χ0v) is 18.7. The van der Waals surface area contributed by atoms with E-state index in [9.17, 15) is 14.7 Å². The van der Waals surface area contributed by atoms with Gasteiger partial charge in [-0.1, -0.05) is 29.8 Å². The molecule has 0 saturated carbocycles. The second-order valence-electron chi connectivity index (χ2n) is 6.70. The summed E-state index contributed by atoms with van der Waals surface area (Å²) in [6, 6.07) is 11.0. The van der Waals surface area contributed by atoms with Gasteiger partial charge in [0.15, 0.2) is 11.5 Å². The number of aryl methyl sites for hydroxylation is 1. The Labute approximate surface area is 188 Å². The number of methoxy groups -OCH3 is 2. The van der Waals surface area contributed by atoms with Gasteiger partial charge in [0.2, 0.25) is 0 Å². The zero-order chi connectivity index (χ0) is 22.5. The number of carbonyl (C=O) groups is 2. The summed E-state index contributed by atoms with van der Waals surface area (Å²) >= 11 is 7.27. The van der Waals surface area contributed by atoms with Gasteiger partial charge >= 0.3 is 5.97 Å². The van der Waals surface area contributed by atoms with E-state index < -0.39 is 17.9 Å². The molecule has 0 bridgehead atoms. The number of amides is 1. The number of thiazole rings is 1. The van der Waals surface area contributed by atoms with E-state index in [2.05, 4.69) is 10.3 Å². The maximum Gasteiger partial charge on any atom is 0.328 e. The molecule has 1 unspecified atom stereocenters. The van der Waals surface area contributed by atoms with Crippen LogP contribution in [0.25, 0.3) is 10.6 Å². The molecule has 0 aliphatic heterocycles. The van der Waals surface area contributed by atoms with Gasteiger partial charge in [-0.05, 0) is 36.8 Å². The van der Waals surface area contributed by atoms with Crippen molar-refractivity contribution >= 4 is 34.8 Å². The van der Waals surface area contributed by atoms with Gasteiger partial charge < -0.3 is 19.9 Å². The first-order valence-corrected chi connectivity index (χ1v) is 10.5. The highest BCUT2D eigenvalue weighted by atomic mass is 35.5. The number of halogens is 1. The van der Waals surface area contributed by atoms with Crippen molar-refractivity contribution in [2.24, 2.45) is 0 Å². The molecule has 162 valence electrons. The molecule has 0 fully saturated rings. The zero-order valence-electron chi connectivity index (χ0n) is 17.1. The number of phenolic OH excluding ortho intramolecular Hbond substituents is 1.